The van der Waals surface area contributed by atoms with Gasteiger partial charge in [0.05, 0.1) is 7.11 Å². The molecule has 21 heavy (non-hydrogen) atoms. The average molecular weight is 308 g/mol. The van der Waals surface area contributed by atoms with E-state index in [-0.39, 0.29) is 5.57 Å². The molecule has 0 saturated heterocycles. The van der Waals surface area contributed by atoms with E-state index in [1.807, 2.05) is 0 Å². The molecule has 0 fully saturated rings. The van der Waals surface area contributed by atoms with Gasteiger partial charge in [0.25, 0.3) is 0 Å². The van der Waals surface area contributed by atoms with Crippen molar-refractivity contribution in [1.82, 2.24) is 0 Å². The first-order valence-electron chi connectivity index (χ1n) is 5.97. The molecule has 0 spiro atoms. The topological polar surface area (TPSA) is 78.9 Å². The lowest BCUT2D eigenvalue weighted by molar-refractivity contribution is -0.319. The first-order chi connectivity index (χ1) is 9.42. The molecular formula is C13H18F2O6. The second-order valence-electron chi connectivity index (χ2n) is 4.65. The molecule has 120 valence electrons. The number of halogens is 2. The predicted octanol–water partition coefficient (Wildman–Crippen LogP) is 1.83. The number of carbonyl (C=O) groups excluding carboxylic acids is 3. The zero-order chi connectivity index (χ0) is 17.0. The Morgan fingerprint density at radius 2 is 1.57 bits per heavy atom. The molecule has 0 rings (SSSR count). The minimum absolute atomic E-state index is 0.201. The zero-order valence-corrected chi connectivity index (χ0v) is 12.5. The number of hydrogen-bond acceptors (Lipinski definition) is 6. The highest BCUT2D eigenvalue weighted by atomic mass is 19.3. The largest absolute Gasteiger partial charge is 0.464 e. The molecule has 1 atom stereocenters. The van der Waals surface area contributed by atoms with Gasteiger partial charge in [0, 0.05) is 18.4 Å². The number of carbonyl (C=O) groups is 3. The molecule has 0 amide bonds. The van der Waals surface area contributed by atoms with E-state index in [0.717, 1.165) is 14.0 Å². The Labute approximate surface area is 121 Å². The maximum Gasteiger partial charge on any atom is 0.417 e. The molecule has 6 nitrogen and oxygen atoms in total. The van der Waals surface area contributed by atoms with Crippen LogP contribution in [0.1, 0.15) is 27.7 Å². The molecule has 0 bridgehead atoms. The van der Waals surface area contributed by atoms with Crippen LogP contribution in [0.15, 0.2) is 12.2 Å². The van der Waals surface area contributed by atoms with Crippen LogP contribution < -0.4 is 0 Å². The van der Waals surface area contributed by atoms with Gasteiger partial charge in [0.15, 0.2) is 0 Å². The smallest absolute Gasteiger partial charge is 0.417 e. The Hall–Kier alpha value is -1.99. The standard InChI is InChI=1S/C13H18F2O6/c1-7(2)10(17)21-13(8(3)4,20-9(5)16)12(14,15)11(18)19-6/h8H,1H2,2-6H3. The van der Waals surface area contributed by atoms with Crippen molar-refractivity contribution in [3.05, 3.63) is 12.2 Å². The van der Waals surface area contributed by atoms with Crippen molar-refractivity contribution in [2.75, 3.05) is 7.11 Å². The minimum atomic E-state index is -4.40. The van der Waals surface area contributed by atoms with Crippen molar-refractivity contribution in [2.24, 2.45) is 5.92 Å². The molecular weight excluding hydrogens is 290 g/mol. The summed E-state index contributed by atoms with van der Waals surface area (Å²) in [5.74, 6) is -13.1. The van der Waals surface area contributed by atoms with Crippen LogP contribution in [0.2, 0.25) is 0 Å². The highest BCUT2D eigenvalue weighted by Gasteiger charge is 2.68. The normalized spacial score (nSPS) is 14.1. The van der Waals surface area contributed by atoms with Gasteiger partial charge in [-0.3, -0.25) is 4.79 Å². The molecule has 1 unspecified atom stereocenters. The third kappa shape index (κ3) is 3.77. The predicted molar refractivity (Wildman–Crippen MR) is 67.2 cm³/mol. The van der Waals surface area contributed by atoms with Gasteiger partial charge >= 0.3 is 29.6 Å². The van der Waals surface area contributed by atoms with Crippen LogP contribution in [0.4, 0.5) is 8.78 Å². The third-order valence-corrected chi connectivity index (χ3v) is 2.53. The fraction of sp³-hybridized carbons (Fsp3) is 0.615. The Morgan fingerprint density at radius 3 is 1.86 bits per heavy atom. The van der Waals surface area contributed by atoms with E-state index in [9.17, 15) is 23.2 Å². The van der Waals surface area contributed by atoms with Gasteiger partial charge in [-0.25, -0.2) is 9.59 Å². The minimum Gasteiger partial charge on any atom is -0.464 e. The van der Waals surface area contributed by atoms with Crippen LogP contribution >= 0.6 is 0 Å². The number of rotatable bonds is 6. The first-order valence-corrected chi connectivity index (χ1v) is 5.97. The van der Waals surface area contributed by atoms with Gasteiger partial charge in [-0.05, 0) is 6.92 Å². The van der Waals surface area contributed by atoms with Gasteiger partial charge < -0.3 is 14.2 Å². The van der Waals surface area contributed by atoms with E-state index in [2.05, 4.69) is 20.8 Å². The van der Waals surface area contributed by atoms with Gasteiger partial charge in [-0.15, -0.1) is 0 Å². The summed E-state index contributed by atoms with van der Waals surface area (Å²) >= 11 is 0. The SMILES string of the molecule is C=C(C)C(=O)OC(OC(C)=O)(C(C)C)C(F)(F)C(=O)OC. The van der Waals surface area contributed by atoms with Crippen molar-refractivity contribution in [3.63, 3.8) is 0 Å². The van der Waals surface area contributed by atoms with Crippen LogP contribution in [0.3, 0.4) is 0 Å². The summed E-state index contributed by atoms with van der Waals surface area (Å²) in [4.78, 5) is 34.1. The summed E-state index contributed by atoms with van der Waals surface area (Å²) in [5, 5.41) is 0. The Balaban J connectivity index is 6.04. The summed E-state index contributed by atoms with van der Waals surface area (Å²) in [7, 11) is 0.732. The lowest BCUT2D eigenvalue weighted by Crippen LogP contribution is -2.62. The van der Waals surface area contributed by atoms with Crippen LogP contribution in [0.5, 0.6) is 0 Å². The number of hydrogen-bond donors (Lipinski definition) is 0. The van der Waals surface area contributed by atoms with Crippen molar-refractivity contribution >= 4 is 17.9 Å². The summed E-state index contributed by atoms with van der Waals surface area (Å²) in [5.41, 5.74) is -0.201. The van der Waals surface area contributed by atoms with Crippen LogP contribution in [-0.4, -0.2) is 36.7 Å². The van der Waals surface area contributed by atoms with E-state index in [1.165, 1.54) is 20.8 Å². The molecule has 0 radical (unpaired) electrons. The van der Waals surface area contributed by atoms with Crippen LogP contribution in [0, 0.1) is 5.92 Å². The van der Waals surface area contributed by atoms with Crippen molar-refractivity contribution in [1.29, 1.82) is 0 Å². The first kappa shape index (κ1) is 19.0. The fourth-order valence-corrected chi connectivity index (χ4v) is 1.46. The van der Waals surface area contributed by atoms with Crippen LogP contribution in [-0.2, 0) is 28.6 Å². The molecule has 0 aliphatic carbocycles. The maximum absolute atomic E-state index is 14.3. The van der Waals surface area contributed by atoms with Crippen molar-refractivity contribution in [3.8, 4) is 0 Å². The molecule has 0 saturated carbocycles. The Kier molecular flexibility index (Phi) is 6.01. The van der Waals surface area contributed by atoms with Gasteiger partial charge in [0.2, 0.25) is 0 Å². The number of ether oxygens (including phenoxy) is 3. The fourth-order valence-electron chi connectivity index (χ4n) is 1.46. The summed E-state index contributed by atoms with van der Waals surface area (Å²) in [6.45, 7) is 7.71. The number of alkyl halides is 2. The monoisotopic (exact) mass is 308 g/mol. The molecule has 0 N–H and O–H groups in total. The third-order valence-electron chi connectivity index (χ3n) is 2.53. The van der Waals surface area contributed by atoms with E-state index in [1.54, 1.807) is 0 Å². The lowest BCUT2D eigenvalue weighted by Gasteiger charge is -2.39. The average Bonchev–Trinajstić information content (AvgIpc) is 2.35. The summed E-state index contributed by atoms with van der Waals surface area (Å²) in [6.07, 6.45) is 0. The van der Waals surface area contributed by atoms with E-state index in [4.69, 9.17) is 0 Å². The van der Waals surface area contributed by atoms with E-state index >= 15 is 0 Å². The molecule has 0 heterocycles. The van der Waals surface area contributed by atoms with Gasteiger partial charge in [0.1, 0.15) is 0 Å². The highest BCUT2D eigenvalue weighted by molar-refractivity contribution is 5.88. The van der Waals surface area contributed by atoms with Gasteiger partial charge in [-0.1, -0.05) is 20.4 Å². The Bertz CT molecular complexity index is 458. The summed E-state index contributed by atoms with van der Waals surface area (Å²) in [6, 6.07) is 0. The molecule has 0 aromatic heterocycles. The molecule has 0 aromatic carbocycles. The molecule has 0 aromatic rings. The molecule has 0 aliphatic rings. The molecule has 8 heteroatoms. The number of methoxy groups -OCH3 is 1. The quantitative estimate of drug-likeness (QED) is 0.423. The maximum atomic E-state index is 14.3. The van der Waals surface area contributed by atoms with Gasteiger partial charge in [-0.2, -0.15) is 8.78 Å². The number of esters is 3. The van der Waals surface area contributed by atoms with Crippen molar-refractivity contribution in [2.45, 2.75) is 39.4 Å². The second kappa shape index (κ2) is 6.64. The second-order valence-corrected chi connectivity index (χ2v) is 4.65. The zero-order valence-electron chi connectivity index (χ0n) is 12.5. The summed E-state index contributed by atoms with van der Waals surface area (Å²) < 4.78 is 41.8. The van der Waals surface area contributed by atoms with Crippen LogP contribution in [0.25, 0.3) is 0 Å². The van der Waals surface area contributed by atoms with E-state index in [0.29, 0.717) is 0 Å². The van der Waals surface area contributed by atoms with E-state index < -0.39 is 35.5 Å². The highest BCUT2D eigenvalue weighted by Crippen LogP contribution is 2.41. The van der Waals surface area contributed by atoms with Crippen molar-refractivity contribution < 1.29 is 37.4 Å². The molecule has 0 aliphatic heterocycles. The lowest BCUT2D eigenvalue weighted by atomic mass is 9.95. The Morgan fingerprint density at radius 1 is 1.10 bits per heavy atom.